The van der Waals surface area contributed by atoms with E-state index in [4.69, 9.17) is 19.8 Å². The van der Waals surface area contributed by atoms with Crippen molar-refractivity contribution < 1.29 is 19.0 Å². The molecule has 0 amide bonds. The Hall–Kier alpha value is -2.58. The van der Waals surface area contributed by atoms with Crippen LogP contribution in [0.3, 0.4) is 0 Å². The zero-order valence-electron chi connectivity index (χ0n) is 10.8. The van der Waals surface area contributed by atoms with Crippen molar-refractivity contribution in [2.24, 2.45) is 0 Å². The van der Waals surface area contributed by atoms with Crippen LogP contribution in [0.2, 0.25) is 0 Å². The van der Waals surface area contributed by atoms with Gasteiger partial charge in [-0.15, -0.1) is 0 Å². The number of halogens is 1. The SMILES string of the molecule is COc1cc(C#N)ccc1Oc1ccc(CO)cc1F. The molecule has 0 radical (unpaired) electrons. The zero-order chi connectivity index (χ0) is 14.5. The minimum atomic E-state index is -0.581. The van der Waals surface area contributed by atoms with E-state index >= 15 is 0 Å². The summed E-state index contributed by atoms with van der Waals surface area (Å²) in [5, 5.41) is 17.7. The van der Waals surface area contributed by atoms with E-state index in [-0.39, 0.29) is 12.4 Å². The third-order valence-corrected chi connectivity index (χ3v) is 2.69. The second-order valence-electron chi connectivity index (χ2n) is 4.00. The molecule has 0 aliphatic carbocycles. The van der Waals surface area contributed by atoms with Crippen molar-refractivity contribution in [1.82, 2.24) is 0 Å². The normalized spacial score (nSPS) is 9.90. The molecule has 0 saturated heterocycles. The number of nitriles is 1. The number of benzene rings is 2. The highest BCUT2D eigenvalue weighted by Crippen LogP contribution is 2.33. The summed E-state index contributed by atoms with van der Waals surface area (Å²) in [4.78, 5) is 0. The largest absolute Gasteiger partial charge is 0.493 e. The fourth-order valence-electron chi connectivity index (χ4n) is 1.67. The third-order valence-electron chi connectivity index (χ3n) is 2.69. The Morgan fingerprint density at radius 1 is 1.15 bits per heavy atom. The van der Waals surface area contributed by atoms with Gasteiger partial charge in [-0.25, -0.2) is 4.39 Å². The van der Waals surface area contributed by atoms with Crippen LogP contribution >= 0.6 is 0 Å². The fourth-order valence-corrected chi connectivity index (χ4v) is 1.67. The summed E-state index contributed by atoms with van der Waals surface area (Å²) in [5.74, 6) is 0.0880. The van der Waals surface area contributed by atoms with Crippen LogP contribution in [0.5, 0.6) is 17.2 Å². The van der Waals surface area contributed by atoms with Crippen LogP contribution in [0.1, 0.15) is 11.1 Å². The number of rotatable bonds is 4. The monoisotopic (exact) mass is 273 g/mol. The summed E-state index contributed by atoms with van der Waals surface area (Å²) < 4.78 is 24.3. The van der Waals surface area contributed by atoms with Gasteiger partial charge in [-0.1, -0.05) is 6.07 Å². The first kappa shape index (κ1) is 13.8. The molecule has 0 atom stereocenters. The summed E-state index contributed by atoms with van der Waals surface area (Å²) in [6, 6.07) is 10.8. The van der Waals surface area contributed by atoms with Crippen LogP contribution in [0, 0.1) is 17.1 Å². The number of aliphatic hydroxyl groups excluding tert-OH is 1. The third kappa shape index (κ3) is 2.87. The molecule has 5 heteroatoms. The molecule has 0 heterocycles. The minimum absolute atomic E-state index is 0.0187. The lowest BCUT2D eigenvalue weighted by atomic mass is 10.2. The van der Waals surface area contributed by atoms with Crippen molar-refractivity contribution in [2.75, 3.05) is 7.11 Å². The molecule has 2 rings (SSSR count). The molecule has 2 aromatic rings. The summed E-state index contributed by atoms with van der Waals surface area (Å²) in [6.45, 7) is -0.239. The lowest BCUT2D eigenvalue weighted by Gasteiger charge is -2.11. The number of nitrogens with zero attached hydrogens (tertiary/aromatic N) is 1. The van der Waals surface area contributed by atoms with E-state index in [2.05, 4.69) is 0 Å². The van der Waals surface area contributed by atoms with Gasteiger partial charge in [0.1, 0.15) is 0 Å². The number of hydrogen-bond donors (Lipinski definition) is 1. The molecule has 0 aromatic heterocycles. The molecule has 0 unspecified atom stereocenters. The van der Waals surface area contributed by atoms with Gasteiger partial charge in [-0.3, -0.25) is 0 Å². The van der Waals surface area contributed by atoms with Gasteiger partial charge in [-0.2, -0.15) is 5.26 Å². The van der Waals surface area contributed by atoms with E-state index in [9.17, 15) is 4.39 Å². The van der Waals surface area contributed by atoms with E-state index in [0.29, 0.717) is 22.6 Å². The molecule has 0 fully saturated rings. The molecule has 102 valence electrons. The Labute approximate surface area is 115 Å². The molecular weight excluding hydrogens is 261 g/mol. The molecule has 0 spiro atoms. The molecule has 0 aliphatic heterocycles. The summed E-state index contributed by atoms with van der Waals surface area (Å²) >= 11 is 0. The summed E-state index contributed by atoms with van der Waals surface area (Å²) in [7, 11) is 1.44. The Morgan fingerprint density at radius 3 is 2.50 bits per heavy atom. The zero-order valence-corrected chi connectivity index (χ0v) is 10.8. The molecular formula is C15H12FNO3. The maximum atomic E-state index is 13.8. The molecule has 0 bridgehead atoms. The number of aliphatic hydroxyl groups is 1. The first-order chi connectivity index (χ1) is 9.67. The van der Waals surface area contributed by atoms with Crippen molar-refractivity contribution >= 4 is 0 Å². The van der Waals surface area contributed by atoms with Crippen molar-refractivity contribution in [2.45, 2.75) is 6.61 Å². The van der Waals surface area contributed by atoms with E-state index in [0.717, 1.165) is 0 Å². The maximum absolute atomic E-state index is 13.8. The molecule has 2 aromatic carbocycles. The fraction of sp³-hybridized carbons (Fsp3) is 0.133. The molecule has 0 saturated carbocycles. The maximum Gasteiger partial charge on any atom is 0.169 e. The van der Waals surface area contributed by atoms with Crippen LogP contribution in [-0.2, 0) is 6.61 Å². The van der Waals surface area contributed by atoms with Crippen molar-refractivity contribution in [3.05, 3.63) is 53.3 Å². The number of hydrogen-bond acceptors (Lipinski definition) is 4. The second kappa shape index (κ2) is 6.04. The number of ether oxygens (including phenoxy) is 2. The van der Waals surface area contributed by atoms with Crippen LogP contribution in [0.4, 0.5) is 4.39 Å². The second-order valence-corrected chi connectivity index (χ2v) is 4.00. The van der Waals surface area contributed by atoms with Crippen molar-refractivity contribution in [1.29, 1.82) is 5.26 Å². The first-order valence-electron chi connectivity index (χ1n) is 5.83. The highest BCUT2D eigenvalue weighted by Gasteiger charge is 2.10. The average molecular weight is 273 g/mol. The van der Waals surface area contributed by atoms with Crippen LogP contribution in [-0.4, -0.2) is 12.2 Å². The van der Waals surface area contributed by atoms with Gasteiger partial charge in [0.05, 0.1) is 25.3 Å². The minimum Gasteiger partial charge on any atom is -0.493 e. The molecule has 0 aliphatic rings. The first-order valence-corrected chi connectivity index (χ1v) is 5.83. The highest BCUT2D eigenvalue weighted by atomic mass is 19.1. The van der Waals surface area contributed by atoms with E-state index in [1.807, 2.05) is 6.07 Å². The Balaban J connectivity index is 2.32. The molecule has 1 N–H and O–H groups in total. The van der Waals surface area contributed by atoms with Crippen LogP contribution in [0.25, 0.3) is 0 Å². The van der Waals surface area contributed by atoms with Gasteiger partial charge in [0.15, 0.2) is 23.1 Å². The topological polar surface area (TPSA) is 62.5 Å². The lowest BCUT2D eigenvalue weighted by molar-refractivity contribution is 0.281. The Morgan fingerprint density at radius 2 is 1.90 bits per heavy atom. The van der Waals surface area contributed by atoms with Gasteiger partial charge < -0.3 is 14.6 Å². The van der Waals surface area contributed by atoms with E-state index < -0.39 is 5.82 Å². The lowest BCUT2D eigenvalue weighted by Crippen LogP contribution is -1.94. The Kier molecular flexibility index (Phi) is 4.18. The standard InChI is InChI=1S/C15H12FNO3/c1-19-15-7-10(8-17)2-5-14(15)20-13-4-3-11(9-18)6-12(13)16/h2-7,18H,9H2,1H3. The Bertz CT molecular complexity index is 665. The van der Waals surface area contributed by atoms with Crippen LogP contribution in [0.15, 0.2) is 36.4 Å². The highest BCUT2D eigenvalue weighted by molar-refractivity contribution is 5.48. The molecule has 20 heavy (non-hydrogen) atoms. The van der Waals surface area contributed by atoms with Gasteiger partial charge >= 0.3 is 0 Å². The smallest absolute Gasteiger partial charge is 0.169 e. The van der Waals surface area contributed by atoms with Crippen molar-refractivity contribution in [3.63, 3.8) is 0 Å². The van der Waals surface area contributed by atoms with Gasteiger partial charge in [0.25, 0.3) is 0 Å². The van der Waals surface area contributed by atoms with Crippen molar-refractivity contribution in [3.8, 4) is 23.3 Å². The van der Waals surface area contributed by atoms with Gasteiger partial charge in [-0.05, 0) is 29.8 Å². The quantitative estimate of drug-likeness (QED) is 0.930. The van der Waals surface area contributed by atoms with E-state index in [1.54, 1.807) is 12.1 Å². The predicted octanol–water partition coefficient (Wildman–Crippen LogP) is 2.99. The number of methoxy groups -OCH3 is 1. The predicted molar refractivity (Wildman–Crippen MR) is 70.1 cm³/mol. The average Bonchev–Trinajstić information content (AvgIpc) is 2.49. The van der Waals surface area contributed by atoms with Gasteiger partial charge in [0, 0.05) is 6.07 Å². The molecule has 4 nitrogen and oxygen atoms in total. The van der Waals surface area contributed by atoms with Gasteiger partial charge in [0.2, 0.25) is 0 Å². The van der Waals surface area contributed by atoms with E-state index in [1.165, 1.54) is 31.4 Å². The summed E-state index contributed by atoms with van der Waals surface area (Å²) in [5.41, 5.74) is 0.881. The van der Waals surface area contributed by atoms with Crippen LogP contribution < -0.4 is 9.47 Å². The summed E-state index contributed by atoms with van der Waals surface area (Å²) in [6.07, 6.45) is 0.